The molecule has 8 nitrogen and oxygen atoms in total. The zero-order valence-electron chi connectivity index (χ0n) is 17.2. The van der Waals surface area contributed by atoms with Crippen molar-refractivity contribution in [3.63, 3.8) is 0 Å². The second kappa shape index (κ2) is 9.13. The maximum atomic E-state index is 12.1. The molecule has 1 aromatic heterocycles. The van der Waals surface area contributed by atoms with Gasteiger partial charge in [-0.25, -0.2) is 5.43 Å². The zero-order chi connectivity index (χ0) is 22.5. The third-order valence-corrected chi connectivity index (χ3v) is 4.93. The number of carbonyl (C=O) groups excluding carboxylic acids is 1. The van der Waals surface area contributed by atoms with Crippen molar-refractivity contribution in [2.45, 2.75) is 6.92 Å². The van der Waals surface area contributed by atoms with Gasteiger partial charge in [0.25, 0.3) is 11.6 Å². The molecule has 0 bridgehead atoms. The van der Waals surface area contributed by atoms with E-state index >= 15 is 0 Å². The number of non-ortho nitro benzene ring substituents is 1. The van der Waals surface area contributed by atoms with Gasteiger partial charge >= 0.3 is 0 Å². The number of fused-ring (bicyclic) bond motifs is 1. The normalized spacial score (nSPS) is 11.0. The van der Waals surface area contributed by atoms with Crippen LogP contribution >= 0.6 is 0 Å². The molecule has 0 aliphatic heterocycles. The number of anilines is 1. The summed E-state index contributed by atoms with van der Waals surface area (Å²) in [5.74, 6) is 0.584. The zero-order valence-corrected chi connectivity index (χ0v) is 17.2. The summed E-state index contributed by atoms with van der Waals surface area (Å²) >= 11 is 0. The number of benzene rings is 3. The number of aryl methyl sites for hydroxylation is 1. The first-order valence-corrected chi connectivity index (χ1v) is 9.90. The first-order chi connectivity index (χ1) is 15.5. The molecular weight excluding hydrogens is 408 g/mol. The van der Waals surface area contributed by atoms with Crippen LogP contribution in [0.2, 0.25) is 0 Å². The van der Waals surface area contributed by atoms with Crippen molar-refractivity contribution >= 4 is 34.3 Å². The number of amides is 1. The molecular formula is C24H20N4O4. The van der Waals surface area contributed by atoms with Gasteiger partial charge in [-0.05, 0) is 36.1 Å². The predicted molar refractivity (Wildman–Crippen MR) is 124 cm³/mol. The van der Waals surface area contributed by atoms with Crippen molar-refractivity contribution in [3.05, 3.63) is 94.2 Å². The lowest BCUT2D eigenvalue weighted by Gasteiger charge is -2.08. The minimum Gasteiger partial charge on any atom is -0.455 e. The molecule has 8 heteroatoms. The number of hydrogen-bond donors (Lipinski definition) is 2. The average Bonchev–Trinajstić information content (AvgIpc) is 3.26. The Labute approximate surface area is 183 Å². The standard InChI is InChI=1S/C24H20N4O4/c1-16-9-10-18(28(30)31)13-21(16)23-12-11-19(32-23)14-26-27-24(29)15-25-22-8-4-6-17-5-2-3-7-20(17)22/h2-14,25H,15H2,1H3,(H,27,29)/b26-14-. The number of furan rings is 1. The molecule has 0 unspecified atom stereocenters. The SMILES string of the molecule is Cc1ccc([N+](=O)[O-])cc1-c1ccc(/C=N\NC(=O)CNc2cccc3ccccc23)o1. The second-order valence-corrected chi connectivity index (χ2v) is 7.13. The molecule has 0 radical (unpaired) electrons. The van der Waals surface area contributed by atoms with E-state index in [4.69, 9.17) is 4.42 Å². The second-order valence-electron chi connectivity index (χ2n) is 7.13. The topological polar surface area (TPSA) is 110 Å². The molecule has 0 aliphatic rings. The largest absolute Gasteiger partial charge is 0.455 e. The highest BCUT2D eigenvalue weighted by molar-refractivity contribution is 5.95. The van der Waals surface area contributed by atoms with E-state index in [9.17, 15) is 14.9 Å². The van der Waals surface area contributed by atoms with Crippen LogP contribution < -0.4 is 10.7 Å². The van der Waals surface area contributed by atoms with E-state index in [1.807, 2.05) is 49.4 Å². The lowest BCUT2D eigenvalue weighted by molar-refractivity contribution is -0.384. The summed E-state index contributed by atoms with van der Waals surface area (Å²) in [6.07, 6.45) is 1.38. The molecule has 1 amide bonds. The van der Waals surface area contributed by atoms with Crippen LogP contribution in [0.5, 0.6) is 0 Å². The summed E-state index contributed by atoms with van der Waals surface area (Å²) in [5, 5.41) is 20.2. The van der Waals surface area contributed by atoms with Crippen LogP contribution in [0, 0.1) is 17.0 Å². The summed E-state index contributed by atoms with van der Waals surface area (Å²) in [6, 6.07) is 21.8. The monoisotopic (exact) mass is 428 g/mol. The molecule has 4 aromatic rings. The molecule has 2 N–H and O–H groups in total. The van der Waals surface area contributed by atoms with Gasteiger partial charge in [-0.15, -0.1) is 0 Å². The summed E-state index contributed by atoms with van der Waals surface area (Å²) in [4.78, 5) is 22.7. The van der Waals surface area contributed by atoms with Crippen molar-refractivity contribution < 1.29 is 14.1 Å². The first-order valence-electron chi connectivity index (χ1n) is 9.90. The predicted octanol–water partition coefficient (Wildman–Crippen LogP) is 4.88. The van der Waals surface area contributed by atoms with Gasteiger partial charge in [-0.2, -0.15) is 5.10 Å². The highest BCUT2D eigenvalue weighted by Gasteiger charge is 2.13. The third-order valence-electron chi connectivity index (χ3n) is 4.93. The van der Waals surface area contributed by atoms with Crippen LogP contribution in [0.4, 0.5) is 11.4 Å². The van der Waals surface area contributed by atoms with Crippen LogP contribution in [0.3, 0.4) is 0 Å². The fourth-order valence-corrected chi connectivity index (χ4v) is 3.32. The van der Waals surface area contributed by atoms with Gasteiger partial charge in [-0.1, -0.05) is 42.5 Å². The van der Waals surface area contributed by atoms with Crippen molar-refractivity contribution in [3.8, 4) is 11.3 Å². The summed E-state index contributed by atoms with van der Waals surface area (Å²) in [5.41, 5.74) is 4.78. The van der Waals surface area contributed by atoms with Crippen LogP contribution in [-0.2, 0) is 4.79 Å². The number of rotatable bonds is 7. The molecule has 1 heterocycles. The Hall–Kier alpha value is -4.46. The highest BCUT2D eigenvalue weighted by atomic mass is 16.6. The average molecular weight is 428 g/mol. The molecule has 0 spiro atoms. The van der Waals surface area contributed by atoms with Gasteiger partial charge in [0.1, 0.15) is 11.5 Å². The van der Waals surface area contributed by atoms with Crippen molar-refractivity contribution in [1.29, 1.82) is 0 Å². The van der Waals surface area contributed by atoms with Gasteiger partial charge in [0, 0.05) is 28.8 Å². The van der Waals surface area contributed by atoms with Gasteiger partial charge in [-0.3, -0.25) is 14.9 Å². The number of nitro benzene ring substituents is 1. The fraction of sp³-hybridized carbons (Fsp3) is 0.0833. The Balaban J connectivity index is 1.37. The van der Waals surface area contributed by atoms with Crippen molar-refractivity contribution in [2.24, 2.45) is 5.10 Å². The maximum Gasteiger partial charge on any atom is 0.270 e. The summed E-state index contributed by atoms with van der Waals surface area (Å²) < 4.78 is 5.71. The fourth-order valence-electron chi connectivity index (χ4n) is 3.32. The molecule has 32 heavy (non-hydrogen) atoms. The van der Waals surface area contributed by atoms with Crippen LogP contribution in [0.15, 0.2) is 82.3 Å². The molecule has 0 atom stereocenters. The molecule has 4 rings (SSSR count). The minimum atomic E-state index is -0.448. The molecule has 160 valence electrons. The minimum absolute atomic E-state index is 0.0109. The number of hydrogen-bond acceptors (Lipinski definition) is 6. The van der Waals surface area contributed by atoms with Gasteiger partial charge in [0.2, 0.25) is 0 Å². The molecule has 0 aliphatic carbocycles. The number of carbonyl (C=O) groups is 1. The Morgan fingerprint density at radius 3 is 2.75 bits per heavy atom. The molecule has 0 fully saturated rings. The van der Waals surface area contributed by atoms with Gasteiger partial charge in [0.05, 0.1) is 17.7 Å². The van der Waals surface area contributed by atoms with E-state index in [1.54, 1.807) is 18.2 Å². The molecule has 0 saturated carbocycles. The number of nitro groups is 1. The van der Waals surface area contributed by atoms with Crippen molar-refractivity contribution in [2.75, 3.05) is 11.9 Å². The van der Waals surface area contributed by atoms with Gasteiger partial charge in [0.15, 0.2) is 0 Å². The van der Waals surface area contributed by atoms with Crippen LogP contribution in [0.25, 0.3) is 22.1 Å². The number of nitrogens with one attached hydrogen (secondary N) is 2. The Morgan fingerprint density at radius 2 is 1.91 bits per heavy atom. The smallest absolute Gasteiger partial charge is 0.270 e. The van der Waals surface area contributed by atoms with Gasteiger partial charge < -0.3 is 9.73 Å². The quantitative estimate of drug-likeness (QED) is 0.248. The highest BCUT2D eigenvalue weighted by Crippen LogP contribution is 2.29. The Morgan fingerprint density at radius 1 is 1.09 bits per heavy atom. The van der Waals surface area contributed by atoms with Crippen LogP contribution in [0.1, 0.15) is 11.3 Å². The third kappa shape index (κ3) is 4.65. The lowest BCUT2D eigenvalue weighted by atomic mass is 10.1. The van der Waals surface area contributed by atoms with E-state index in [1.165, 1.54) is 18.3 Å². The van der Waals surface area contributed by atoms with E-state index in [-0.39, 0.29) is 18.1 Å². The summed E-state index contributed by atoms with van der Waals surface area (Å²) in [7, 11) is 0. The molecule has 3 aromatic carbocycles. The van der Waals surface area contributed by atoms with E-state index < -0.39 is 4.92 Å². The summed E-state index contributed by atoms with van der Waals surface area (Å²) in [6.45, 7) is 1.90. The van der Waals surface area contributed by atoms with E-state index in [0.29, 0.717) is 17.1 Å². The lowest BCUT2D eigenvalue weighted by Crippen LogP contribution is -2.25. The molecule has 0 saturated heterocycles. The first kappa shape index (κ1) is 20.8. The Bertz CT molecular complexity index is 1320. The van der Waals surface area contributed by atoms with E-state index in [0.717, 1.165) is 22.0 Å². The van der Waals surface area contributed by atoms with Crippen LogP contribution in [-0.4, -0.2) is 23.6 Å². The maximum absolute atomic E-state index is 12.1. The van der Waals surface area contributed by atoms with Crippen molar-refractivity contribution in [1.82, 2.24) is 5.43 Å². The number of hydrazone groups is 1. The number of nitrogens with zero attached hydrogens (tertiary/aromatic N) is 2. The Kier molecular flexibility index (Phi) is 5.94. The van der Waals surface area contributed by atoms with E-state index in [2.05, 4.69) is 15.8 Å².